The largest absolute Gasteiger partial charge is 0.494 e. The molecule has 0 saturated heterocycles. The van der Waals surface area contributed by atoms with E-state index in [1.807, 2.05) is 6.07 Å². The van der Waals surface area contributed by atoms with Gasteiger partial charge in [0.1, 0.15) is 11.6 Å². The first-order chi connectivity index (χ1) is 14.5. The van der Waals surface area contributed by atoms with Crippen molar-refractivity contribution in [2.45, 2.75) is 25.4 Å². The van der Waals surface area contributed by atoms with E-state index in [4.69, 9.17) is 4.74 Å². The number of pyridine rings is 1. The number of alkyl halides is 3. The van der Waals surface area contributed by atoms with Crippen LogP contribution in [0.3, 0.4) is 0 Å². The van der Waals surface area contributed by atoms with Gasteiger partial charge in [-0.1, -0.05) is 36.4 Å². The van der Waals surface area contributed by atoms with Gasteiger partial charge in [-0.15, -0.1) is 0 Å². The molecule has 1 heterocycles. The van der Waals surface area contributed by atoms with Crippen molar-refractivity contribution in [2.24, 2.45) is 0 Å². The van der Waals surface area contributed by atoms with Gasteiger partial charge in [0.2, 0.25) is 0 Å². The summed E-state index contributed by atoms with van der Waals surface area (Å²) in [5.41, 5.74) is 2.29. The summed E-state index contributed by atoms with van der Waals surface area (Å²) < 4.78 is 46.0. The van der Waals surface area contributed by atoms with Crippen molar-refractivity contribution in [3.63, 3.8) is 0 Å². The van der Waals surface area contributed by atoms with E-state index in [0.717, 1.165) is 24.7 Å². The van der Waals surface area contributed by atoms with Gasteiger partial charge < -0.3 is 10.1 Å². The lowest BCUT2D eigenvalue weighted by atomic mass is 10.1. The van der Waals surface area contributed by atoms with Gasteiger partial charge in [0.15, 0.2) is 0 Å². The lowest BCUT2D eigenvalue weighted by Crippen LogP contribution is -2.12. The Morgan fingerprint density at radius 3 is 2.53 bits per heavy atom. The van der Waals surface area contributed by atoms with E-state index in [2.05, 4.69) is 28.9 Å². The van der Waals surface area contributed by atoms with Crippen molar-refractivity contribution < 1.29 is 17.9 Å². The molecule has 6 heteroatoms. The number of halogens is 3. The maximum atomic E-state index is 13.4. The summed E-state index contributed by atoms with van der Waals surface area (Å²) >= 11 is 0. The molecule has 2 aromatic carbocycles. The van der Waals surface area contributed by atoms with Gasteiger partial charge in [-0.25, -0.2) is 4.98 Å². The Bertz CT molecular complexity index is 1000. The van der Waals surface area contributed by atoms with Gasteiger partial charge in [-0.3, -0.25) is 0 Å². The van der Waals surface area contributed by atoms with Crippen LogP contribution < -0.4 is 10.1 Å². The van der Waals surface area contributed by atoms with Crippen molar-refractivity contribution in [2.75, 3.05) is 18.5 Å². The number of ether oxygens (including phenoxy) is 1. The molecule has 30 heavy (non-hydrogen) atoms. The molecule has 3 nitrogen and oxygen atoms in total. The second-order valence-corrected chi connectivity index (χ2v) is 7.21. The lowest BCUT2D eigenvalue weighted by Gasteiger charge is -2.14. The minimum atomic E-state index is -4.46. The maximum absolute atomic E-state index is 13.4. The fourth-order valence-electron chi connectivity index (χ4n) is 3.55. The van der Waals surface area contributed by atoms with Crippen LogP contribution >= 0.6 is 0 Å². The number of rotatable bonds is 7. The predicted molar refractivity (Wildman–Crippen MR) is 111 cm³/mol. The van der Waals surface area contributed by atoms with E-state index in [-0.39, 0.29) is 5.69 Å². The molecule has 0 saturated carbocycles. The molecule has 0 spiro atoms. The average Bonchev–Trinajstić information content (AvgIpc) is 3.21. The van der Waals surface area contributed by atoms with Gasteiger partial charge in [0.25, 0.3) is 0 Å². The first-order valence-corrected chi connectivity index (χ1v) is 9.94. The smallest absolute Gasteiger partial charge is 0.418 e. The summed E-state index contributed by atoms with van der Waals surface area (Å²) in [4.78, 5) is 4.23. The van der Waals surface area contributed by atoms with Crippen molar-refractivity contribution in [1.29, 1.82) is 0 Å². The molecule has 155 valence electrons. The quantitative estimate of drug-likeness (QED) is 0.488. The molecular formula is C24H22F3N2O. The van der Waals surface area contributed by atoms with Crippen LogP contribution in [0.2, 0.25) is 0 Å². The third-order valence-corrected chi connectivity index (χ3v) is 5.05. The molecule has 1 aliphatic rings. The zero-order valence-electron chi connectivity index (χ0n) is 16.4. The minimum absolute atomic E-state index is 0.0701. The van der Waals surface area contributed by atoms with Crippen molar-refractivity contribution >= 4 is 5.82 Å². The number of hydrogen-bond acceptors (Lipinski definition) is 3. The number of fused-ring (bicyclic) bond motifs is 1. The SMILES string of the molecule is FC(F)(F)c1ccc(NCCCOc2ccc3c(c2)C[CH]C3)nc1-c1ccccc1. The average molecular weight is 411 g/mol. The number of anilines is 1. The van der Waals surface area contributed by atoms with E-state index in [0.29, 0.717) is 31.0 Å². The second kappa shape index (κ2) is 8.78. The first-order valence-electron chi connectivity index (χ1n) is 9.94. The molecule has 0 bridgehead atoms. The number of nitrogens with one attached hydrogen (secondary N) is 1. The van der Waals surface area contributed by atoms with Crippen LogP contribution in [0, 0.1) is 6.42 Å². The fraction of sp³-hybridized carbons (Fsp3) is 0.250. The lowest BCUT2D eigenvalue weighted by molar-refractivity contribution is -0.137. The topological polar surface area (TPSA) is 34.1 Å². The van der Waals surface area contributed by atoms with Gasteiger partial charge >= 0.3 is 6.18 Å². The summed E-state index contributed by atoms with van der Waals surface area (Å²) in [7, 11) is 0. The second-order valence-electron chi connectivity index (χ2n) is 7.21. The van der Waals surface area contributed by atoms with Crippen molar-refractivity contribution in [3.05, 3.63) is 83.8 Å². The third kappa shape index (κ3) is 4.75. The molecule has 0 amide bonds. The highest BCUT2D eigenvalue weighted by Crippen LogP contribution is 2.36. The standard InChI is InChI=1S/C24H22F3N2O/c25-24(26,27)21-12-13-22(29-23(21)18-6-2-1-3-7-18)28-14-5-15-30-20-11-10-17-8-4-9-19(17)16-20/h1-4,6-7,10-13,16H,5,8-9,14-15H2,(H,28,29). The molecule has 1 aliphatic carbocycles. The van der Waals surface area contributed by atoms with Crippen LogP contribution in [0.1, 0.15) is 23.1 Å². The van der Waals surface area contributed by atoms with Crippen LogP contribution in [0.4, 0.5) is 19.0 Å². The fourth-order valence-corrected chi connectivity index (χ4v) is 3.55. The first kappa shape index (κ1) is 20.3. The molecular weight excluding hydrogens is 389 g/mol. The highest BCUT2D eigenvalue weighted by Gasteiger charge is 2.34. The number of benzene rings is 2. The van der Waals surface area contributed by atoms with Gasteiger partial charge in [0, 0.05) is 12.1 Å². The minimum Gasteiger partial charge on any atom is -0.494 e. The Hall–Kier alpha value is -3.02. The van der Waals surface area contributed by atoms with Crippen LogP contribution in [0.5, 0.6) is 5.75 Å². The Labute approximate surface area is 173 Å². The van der Waals surface area contributed by atoms with Gasteiger partial charge in [-0.2, -0.15) is 13.2 Å². The molecule has 1 aromatic heterocycles. The zero-order chi connectivity index (χ0) is 21.0. The van der Waals surface area contributed by atoms with Crippen molar-refractivity contribution in [1.82, 2.24) is 4.98 Å². The number of hydrogen-bond donors (Lipinski definition) is 1. The van der Waals surface area contributed by atoms with E-state index >= 15 is 0 Å². The molecule has 4 rings (SSSR count). The van der Waals surface area contributed by atoms with Gasteiger partial charge in [-0.05, 0) is 61.1 Å². The van der Waals surface area contributed by atoms with E-state index in [1.54, 1.807) is 30.3 Å². The molecule has 0 unspecified atom stereocenters. The summed E-state index contributed by atoms with van der Waals surface area (Å²) in [6, 6.07) is 17.0. The normalized spacial score (nSPS) is 13.2. The van der Waals surface area contributed by atoms with Crippen LogP contribution in [0.25, 0.3) is 11.3 Å². The summed E-state index contributed by atoms with van der Waals surface area (Å²) in [5, 5.41) is 3.10. The van der Waals surface area contributed by atoms with E-state index in [9.17, 15) is 13.2 Å². The van der Waals surface area contributed by atoms with E-state index < -0.39 is 11.7 Å². The Balaban J connectivity index is 1.35. The van der Waals surface area contributed by atoms with Crippen molar-refractivity contribution in [3.8, 4) is 17.0 Å². The summed E-state index contributed by atoms with van der Waals surface area (Å²) in [6.45, 7) is 1.06. The maximum Gasteiger partial charge on any atom is 0.418 e. The summed E-state index contributed by atoms with van der Waals surface area (Å²) in [5.74, 6) is 1.26. The molecule has 0 aliphatic heterocycles. The highest BCUT2D eigenvalue weighted by atomic mass is 19.4. The molecule has 3 aromatic rings. The monoisotopic (exact) mass is 411 g/mol. The Morgan fingerprint density at radius 2 is 1.73 bits per heavy atom. The number of aromatic nitrogens is 1. The van der Waals surface area contributed by atoms with Gasteiger partial charge in [0.05, 0.1) is 17.9 Å². The molecule has 0 fully saturated rings. The van der Waals surface area contributed by atoms with E-state index in [1.165, 1.54) is 17.2 Å². The third-order valence-electron chi connectivity index (χ3n) is 5.05. The predicted octanol–water partition coefficient (Wildman–Crippen LogP) is 5.95. The Kier molecular flexibility index (Phi) is 5.93. The zero-order valence-corrected chi connectivity index (χ0v) is 16.4. The van der Waals surface area contributed by atoms with Crippen LogP contribution in [0.15, 0.2) is 60.7 Å². The summed E-state index contributed by atoms with van der Waals surface area (Å²) in [6.07, 6.45) is 0.492. The van der Waals surface area contributed by atoms with Crippen LogP contribution in [-0.4, -0.2) is 18.1 Å². The molecule has 1 N–H and O–H groups in total. The number of nitrogens with zero attached hydrogens (tertiary/aromatic N) is 1. The molecule has 0 atom stereocenters. The van der Waals surface area contributed by atoms with Crippen LogP contribution in [-0.2, 0) is 19.0 Å². The Morgan fingerprint density at radius 1 is 0.933 bits per heavy atom. The highest BCUT2D eigenvalue weighted by molar-refractivity contribution is 5.66. The molecule has 1 radical (unpaired) electrons.